The van der Waals surface area contributed by atoms with E-state index in [0.717, 1.165) is 50.2 Å². The van der Waals surface area contributed by atoms with Crippen LogP contribution < -0.4 is 15.4 Å². The lowest BCUT2D eigenvalue weighted by Crippen LogP contribution is -2.34. The highest BCUT2D eigenvalue weighted by Gasteiger charge is 2.19. The third-order valence-electron chi connectivity index (χ3n) is 3.73. The van der Waals surface area contributed by atoms with Crippen LogP contribution in [0.25, 0.3) is 0 Å². The Kier molecular flexibility index (Phi) is 3.50. The van der Waals surface area contributed by atoms with E-state index in [-0.39, 0.29) is 0 Å². The van der Waals surface area contributed by atoms with E-state index in [0.29, 0.717) is 6.10 Å². The molecule has 0 saturated carbocycles. The summed E-state index contributed by atoms with van der Waals surface area (Å²) in [5.41, 5.74) is 2.19. The first-order valence-electron chi connectivity index (χ1n) is 6.74. The predicted molar refractivity (Wildman–Crippen MR) is 69.6 cm³/mol. The fraction of sp³-hybridized carbons (Fsp3) is 0.571. The van der Waals surface area contributed by atoms with Gasteiger partial charge in [-0.05, 0) is 55.6 Å². The molecule has 1 aromatic carbocycles. The van der Waals surface area contributed by atoms with Gasteiger partial charge in [-0.3, -0.25) is 5.32 Å². The third kappa shape index (κ3) is 2.51. The molecule has 4 nitrogen and oxygen atoms in total. The molecule has 0 aliphatic carbocycles. The zero-order valence-corrected chi connectivity index (χ0v) is 10.5. The Balaban J connectivity index is 1.73. The molecule has 1 atom stereocenters. The van der Waals surface area contributed by atoms with E-state index in [1.165, 1.54) is 5.56 Å². The summed E-state index contributed by atoms with van der Waals surface area (Å²) in [4.78, 5) is 0. The van der Waals surface area contributed by atoms with Crippen molar-refractivity contribution in [3.63, 3.8) is 0 Å². The highest BCUT2D eigenvalue weighted by atomic mass is 16.5. The second-order valence-electron chi connectivity index (χ2n) is 5.03. The van der Waals surface area contributed by atoms with Crippen LogP contribution in [0.3, 0.4) is 0 Å². The summed E-state index contributed by atoms with van der Waals surface area (Å²) in [5.74, 6) is 0.940. The van der Waals surface area contributed by atoms with Crippen molar-refractivity contribution >= 4 is 0 Å². The predicted octanol–water partition coefficient (Wildman–Crippen LogP) is 0.954. The van der Waals surface area contributed by atoms with Crippen molar-refractivity contribution in [1.82, 2.24) is 10.6 Å². The van der Waals surface area contributed by atoms with Crippen LogP contribution in [0.1, 0.15) is 30.2 Å². The van der Waals surface area contributed by atoms with E-state index in [2.05, 4.69) is 16.7 Å². The molecule has 98 valence electrons. The number of benzene rings is 1. The molecule has 0 spiro atoms. The van der Waals surface area contributed by atoms with Gasteiger partial charge >= 0.3 is 0 Å². The van der Waals surface area contributed by atoms with Crippen molar-refractivity contribution in [3.8, 4) is 5.75 Å². The molecule has 1 unspecified atom stereocenters. The lowest BCUT2D eigenvalue weighted by molar-refractivity contribution is 0.131. The number of nitrogens with one attached hydrogen (secondary N) is 2. The normalized spacial score (nSPS) is 24.6. The Morgan fingerprint density at radius 1 is 1.17 bits per heavy atom. The number of aliphatic hydroxyl groups is 1. The van der Waals surface area contributed by atoms with Crippen molar-refractivity contribution in [3.05, 3.63) is 29.3 Å². The zero-order valence-electron chi connectivity index (χ0n) is 10.5. The van der Waals surface area contributed by atoms with Crippen molar-refractivity contribution in [2.24, 2.45) is 0 Å². The van der Waals surface area contributed by atoms with Crippen LogP contribution in [0.15, 0.2) is 18.2 Å². The molecule has 2 aliphatic heterocycles. The molecular weight excluding hydrogens is 228 g/mol. The van der Waals surface area contributed by atoms with Gasteiger partial charge in [-0.1, -0.05) is 6.07 Å². The number of hydrogen-bond donors (Lipinski definition) is 3. The van der Waals surface area contributed by atoms with Gasteiger partial charge in [0, 0.05) is 6.54 Å². The van der Waals surface area contributed by atoms with E-state index in [1.54, 1.807) is 0 Å². The van der Waals surface area contributed by atoms with Crippen LogP contribution >= 0.6 is 0 Å². The summed E-state index contributed by atoms with van der Waals surface area (Å²) < 4.78 is 6.01. The van der Waals surface area contributed by atoms with Gasteiger partial charge in [0.25, 0.3) is 0 Å². The van der Waals surface area contributed by atoms with Crippen molar-refractivity contribution < 1.29 is 9.84 Å². The second kappa shape index (κ2) is 5.26. The lowest BCUT2D eigenvalue weighted by Gasteiger charge is -2.26. The molecule has 0 radical (unpaired) electrons. The number of piperidine rings is 1. The minimum Gasteiger partial charge on any atom is -0.490 e. The lowest BCUT2D eigenvalue weighted by atomic mass is 9.99. The number of fused-ring (bicyclic) bond motifs is 1. The molecule has 3 rings (SSSR count). The molecular formula is C14H20N2O2. The molecule has 18 heavy (non-hydrogen) atoms. The molecule has 1 saturated heterocycles. The Hall–Kier alpha value is -1.10. The summed E-state index contributed by atoms with van der Waals surface area (Å²) in [6.07, 6.45) is 2.90. The monoisotopic (exact) mass is 248 g/mol. The van der Waals surface area contributed by atoms with Gasteiger partial charge in [0.05, 0.1) is 0 Å². The van der Waals surface area contributed by atoms with E-state index in [9.17, 15) is 5.11 Å². The van der Waals surface area contributed by atoms with Crippen LogP contribution in [0.4, 0.5) is 0 Å². The van der Waals surface area contributed by atoms with Crippen LogP contribution in [0.5, 0.6) is 5.75 Å². The summed E-state index contributed by atoms with van der Waals surface area (Å²) in [6, 6.07) is 6.03. The summed E-state index contributed by atoms with van der Waals surface area (Å²) in [6.45, 7) is 2.90. The average Bonchev–Trinajstić information content (AvgIpc) is 2.40. The van der Waals surface area contributed by atoms with Gasteiger partial charge in [0.2, 0.25) is 0 Å². The summed E-state index contributed by atoms with van der Waals surface area (Å²) >= 11 is 0. The van der Waals surface area contributed by atoms with E-state index < -0.39 is 6.23 Å². The molecule has 3 N–H and O–H groups in total. The Morgan fingerprint density at radius 3 is 2.83 bits per heavy atom. The van der Waals surface area contributed by atoms with Crippen LogP contribution in [-0.4, -0.2) is 30.8 Å². The standard InChI is InChI=1S/C14H20N2O2/c17-14-13-2-1-12(9-10(13)3-8-16-14)18-11-4-6-15-7-5-11/h1-2,9,11,14-17H,3-8H2. The first-order valence-corrected chi connectivity index (χ1v) is 6.74. The molecule has 0 amide bonds. The highest BCUT2D eigenvalue weighted by molar-refractivity contribution is 5.38. The largest absolute Gasteiger partial charge is 0.490 e. The molecule has 1 aromatic rings. The van der Waals surface area contributed by atoms with Gasteiger partial charge in [-0.25, -0.2) is 0 Å². The van der Waals surface area contributed by atoms with E-state index in [1.807, 2.05) is 12.1 Å². The number of ether oxygens (including phenoxy) is 1. The average molecular weight is 248 g/mol. The van der Waals surface area contributed by atoms with Crippen molar-refractivity contribution in [1.29, 1.82) is 0 Å². The maximum Gasteiger partial charge on any atom is 0.131 e. The maximum absolute atomic E-state index is 9.81. The Morgan fingerprint density at radius 2 is 2.00 bits per heavy atom. The minimum atomic E-state index is -0.526. The summed E-state index contributed by atoms with van der Waals surface area (Å²) in [7, 11) is 0. The molecule has 1 fully saturated rings. The Bertz CT molecular complexity index is 416. The molecule has 0 aromatic heterocycles. The Labute approximate surface area is 107 Å². The van der Waals surface area contributed by atoms with Crippen molar-refractivity contribution in [2.75, 3.05) is 19.6 Å². The second-order valence-corrected chi connectivity index (χ2v) is 5.03. The number of rotatable bonds is 2. The van der Waals surface area contributed by atoms with Gasteiger partial charge in [-0.2, -0.15) is 0 Å². The molecule has 4 heteroatoms. The smallest absolute Gasteiger partial charge is 0.131 e. The zero-order chi connectivity index (χ0) is 12.4. The van der Waals surface area contributed by atoms with Crippen LogP contribution in [-0.2, 0) is 6.42 Å². The van der Waals surface area contributed by atoms with Gasteiger partial charge in [0.15, 0.2) is 0 Å². The van der Waals surface area contributed by atoms with Crippen LogP contribution in [0.2, 0.25) is 0 Å². The quantitative estimate of drug-likeness (QED) is 0.729. The topological polar surface area (TPSA) is 53.5 Å². The minimum absolute atomic E-state index is 0.330. The molecule has 0 bridgehead atoms. The molecule has 2 aliphatic rings. The van der Waals surface area contributed by atoms with Gasteiger partial charge < -0.3 is 15.2 Å². The fourth-order valence-electron chi connectivity index (χ4n) is 2.70. The third-order valence-corrected chi connectivity index (χ3v) is 3.73. The maximum atomic E-state index is 9.81. The molecule has 2 heterocycles. The first-order chi connectivity index (χ1) is 8.83. The number of hydrogen-bond acceptors (Lipinski definition) is 4. The van der Waals surface area contributed by atoms with Crippen molar-refractivity contribution in [2.45, 2.75) is 31.6 Å². The first kappa shape index (κ1) is 12.0. The SMILES string of the molecule is OC1NCCc2cc(OC3CCNCC3)ccc21. The highest BCUT2D eigenvalue weighted by Crippen LogP contribution is 2.26. The van der Waals surface area contributed by atoms with Crippen LogP contribution in [0, 0.1) is 0 Å². The van der Waals surface area contributed by atoms with Gasteiger partial charge in [-0.15, -0.1) is 0 Å². The number of aliphatic hydroxyl groups excluding tert-OH is 1. The van der Waals surface area contributed by atoms with E-state index >= 15 is 0 Å². The van der Waals surface area contributed by atoms with Gasteiger partial charge in [0.1, 0.15) is 18.1 Å². The van der Waals surface area contributed by atoms with E-state index in [4.69, 9.17) is 4.74 Å². The fourth-order valence-corrected chi connectivity index (χ4v) is 2.70. The summed E-state index contributed by atoms with van der Waals surface area (Å²) in [5, 5.41) is 16.2.